The minimum atomic E-state index is -0.493. The van der Waals surface area contributed by atoms with Crippen molar-refractivity contribution in [1.29, 1.82) is 0 Å². The Hall–Kier alpha value is -1.26. The van der Waals surface area contributed by atoms with Crippen LogP contribution in [0.5, 0.6) is 0 Å². The van der Waals surface area contributed by atoms with Gasteiger partial charge in [-0.1, -0.05) is 33.1 Å². The fraction of sp³-hybridized carbons (Fsp3) is 0.913. The molecule has 28 heavy (non-hydrogen) atoms. The molecule has 5 nitrogen and oxygen atoms in total. The van der Waals surface area contributed by atoms with Gasteiger partial charge in [-0.3, -0.25) is 4.79 Å². The van der Waals surface area contributed by atoms with Gasteiger partial charge in [0.15, 0.2) is 0 Å². The van der Waals surface area contributed by atoms with E-state index < -0.39 is 11.2 Å². The fourth-order valence-corrected chi connectivity index (χ4v) is 3.77. The summed E-state index contributed by atoms with van der Waals surface area (Å²) in [5.74, 6) is 0.262. The molecule has 0 aromatic carbocycles. The van der Waals surface area contributed by atoms with Crippen LogP contribution in [0.2, 0.25) is 0 Å². The lowest BCUT2D eigenvalue weighted by Gasteiger charge is -2.29. The molecule has 1 saturated heterocycles. The third kappa shape index (κ3) is 9.29. The smallest absolute Gasteiger partial charge is 0.410 e. The number of likely N-dealkylation sites (tertiary alicyclic amines) is 1. The second-order valence-corrected chi connectivity index (χ2v) is 10.4. The molecule has 0 aliphatic carbocycles. The van der Waals surface area contributed by atoms with E-state index in [9.17, 15) is 9.59 Å². The number of hydrogen-bond donors (Lipinski definition) is 0. The van der Waals surface area contributed by atoms with E-state index in [0.29, 0.717) is 5.92 Å². The number of amides is 1. The van der Waals surface area contributed by atoms with E-state index in [1.807, 2.05) is 46.4 Å². The van der Waals surface area contributed by atoms with Crippen molar-refractivity contribution in [2.75, 3.05) is 6.54 Å². The molecule has 0 unspecified atom stereocenters. The molecular weight excluding hydrogens is 354 g/mol. The Labute approximate surface area is 172 Å². The summed E-state index contributed by atoms with van der Waals surface area (Å²) in [5, 5.41) is 0. The lowest BCUT2D eigenvalue weighted by atomic mass is 9.92. The minimum Gasteiger partial charge on any atom is -0.460 e. The van der Waals surface area contributed by atoms with Crippen molar-refractivity contribution in [3.8, 4) is 0 Å². The molecule has 1 heterocycles. The normalized spacial score (nSPS) is 21.5. The maximum Gasteiger partial charge on any atom is 0.410 e. The highest BCUT2D eigenvalue weighted by atomic mass is 16.6. The Morgan fingerprint density at radius 3 is 2.14 bits per heavy atom. The number of nitrogens with zero attached hydrogens (tertiary/aromatic N) is 1. The lowest BCUT2D eigenvalue weighted by molar-refractivity contribution is -0.160. The molecule has 0 aromatic heterocycles. The lowest BCUT2D eigenvalue weighted by Crippen LogP contribution is -2.40. The highest BCUT2D eigenvalue weighted by Crippen LogP contribution is 2.30. The van der Waals surface area contributed by atoms with Gasteiger partial charge in [0.25, 0.3) is 0 Å². The molecule has 164 valence electrons. The van der Waals surface area contributed by atoms with Crippen molar-refractivity contribution in [3.63, 3.8) is 0 Å². The number of carbonyl (C=O) groups excluding carboxylic acids is 2. The van der Waals surface area contributed by atoms with E-state index in [0.717, 1.165) is 51.5 Å². The maximum atomic E-state index is 12.7. The summed E-state index contributed by atoms with van der Waals surface area (Å²) in [7, 11) is 0. The fourth-order valence-electron chi connectivity index (χ4n) is 3.77. The van der Waals surface area contributed by atoms with Crippen LogP contribution in [0, 0.1) is 11.8 Å². The van der Waals surface area contributed by atoms with Crippen LogP contribution < -0.4 is 0 Å². The average molecular weight is 398 g/mol. The predicted molar refractivity (Wildman–Crippen MR) is 113 cm³/mol. The molecule has 1 amide bonds. The van der Waals surface area contributed by atoms with Crippen molar-refractivity contribution in [2.24, 2.45) is 11.8 Å². The summed E-state index contributed by atoms with van der Waals surface area (Å²) in [6, 6.07) is 0.140. The molecule has 0 aromatic rings. The van der Waals surface area contributed by atoms with Crippen molar-refractivity contribution < 1.29 is 19.1 Å². The summed E-state index contributed by atoms with van der Waals surface area (Å²) in [6.45, 7) is 16.5. The topological polar surface area (TPSA) is 55.8 Å². The van der Waals surface area contributed by atoms with Crippen molar-refractivity contribution in [2.45, 2.75) is 118 Å². The average Bonchev–Trinajstić information content (AvgIpc) is 2.88. The largest absolute Gasteiger partial charge is 0.460 e. The van der Waals surface area contributed by atoms with Crippen LogP contribution in [0.4, 0.5) is 4.79 Å². The molecule has 1 rings (SSSR count). The summed E-state index contributed by atoms with van der Waals surface area (Å²) in [6.07, 6.45) is 6.47. The van der Waals surface area contributed by atoms with E-state index in [2.05, 4.69) is 13.8 Å². The van der Waals surface area contributed by atoms with Crippen LogP contribution in [0.15, 0.2) is 0 Å². The number of esters is 1. The molecule has 1 aliphatic rings. The van der Waals surface area contributed by atoms with Crippen LogP contribution in [0.25, 0.3) is 0 Å². The summed E-state index contributed by atoms with van der Waals surface area (Å²) < 4.78 is 11.3. The Bertz CT molecular complexity index is 504. The zero-order valence-corrected chi connectivity index (χ0v) is 19.5. The van der Waals surface area contributed by atoms with Crippen LogP contribution >= 0.6 is 0 Å². The number of hydrogen-bond acceptors (Lipinski definition) is 4. The second-order valence-electron chi connectivity index (χ2n) is 10.4. The van der Waals surface area contributed by atoms with Gasteiger partial charge in [0.2, 0.25) is 0 Å². The van der Waals surface area contributed by atoms with Crippen LogP contribution in [-0.4, -0.2) is 40.8 Å². The predicted octanol–water partition coefficient (Wildman–Crippen LogP) is 5.95. The molecule has 0 spiro atoms. The standard InChI is InChI=1S/C23H43NO4/c1-9-10-11-12-18(20(25)27-22(3,4)5)13-14-19-15-17(2)16-24(19)21(26)28-23(6,7)8/h17-19H,9-16H2,1-8H3/t17-,18-,19-/m1/s1. The van der Waals surface area contributed by atoms with Crippen molar-refractivity contribution in [3.05, 3.63) is 0 Å². The first kappa shape index (κ1) is 24.8. The summed E-state index contributed by atoms with van der Waals surface area (Å²) in [5.41, 5.74) is -0.961. The highest BCUT2D eigenvalue weighted by Gasteiger charge is 2.36. The molecule has 1 fully saturated rings. The zero-order valence-electron chi connectivity index (χ0n) is 19.5. The van der Waals surface area contributed by atoms with Crippen molar-refractivity contribution >= 4 is 12.1 Å². The van der Waals surface area contributed by atoms with E-state index in [1.165, 1.54) is 0 Å². The van der Waals surface area contributed by atoms with E-state index in [1.54, 1.807) is 0 Å². The van der Waals surface area contributed by atoms with Gasteiger partial charge < -0.3 is 14.4 Å². The monoisotopic (exact) mass is 397 g/mol. The van der Waals surface area contributed by atoms with Gasteiger partial charge in [0.05, 0.1) is 5.92 Å². The maximum absolute atomic E-state index is 12.7. The molecule has 1 aliphatic heterocycles. The number of rotatable bonds is 8. The van der Waals surface area contributed by atoms with E-state index >= 15 is 0 Å². The quantitative estimate of drug-likeness (QED) is 0.375. The Morgan fingerprint density at radius 2 is 1.61 bits per heavy atom. The second kappa shape index (κ2) is 10.5. The molecule has 5 heteroatoms. The van der Waals surface area contributed by atoms with Gasteiger partial charge in [-0.05, 0) is 73.1 Å². The Balaban J connectivity index is 2.73. The number of unbranched alkanes of at least 4 members (excludes halogenated alkanes) is 2. The molecule has 0 N–H and O–H groups in total. The Kier molecular flexibility index (Phi) is 9.29. The number of ether oxygens (including phenoxy) is 2. The van der Waals surface area contributed by atoms with Gasteiger partial charge >= 0.3 is 12.1 Å². The first-order chi connectivity index (χ1) is 12.8. The zero-order chi connectivity index (χ0) is 21.5. The first-order valence-corrected chi connectivity index (χ1v) is 11.0. The molecule has 0 saturated carbocycles. The van der Waals surface area contributed by atoms with Gasteiger partial charge in [-0.2, -0.15) is 0 Å². The third-order valence-electron chi connectivity index (χ3n) is 5.00. The molecule has 3 atom stereocenters. The summed E-state index contributed by atoms with van der Waals surface area (Å²) in [4.78, 5) is 27.2. The molecular formula is C23H43NO4. The van der Waals surface area contributed by atoms with Crippen molar-refractivity contribution in [1.82, 2.24) is 4.90 Å². The number of carbonyl (C=O) groups is 2. The Morgan fingerprint density at radius 1 is 1.00 bits per heavy atom. The van der Waals surface area contributed by atoms with E-state index in [4.69, 9.17) is 9.47 Å². The van der Waals surface area contributed by atoms with Crippen LogP contribution in [-0.2, 0) is 14.3 Å². The SMILES string of the molecule is CCCCC[C@H](CC[C@@H]1C[C@@H](C)CN1C(=O)OC(C)(C)C)C(=O)OC(C)(C)C. The first-order valence-electron chi connectivity index (χ1n) is 11.0. The van der Waals surface area contributed by atoms with Gasteiger partial charge in [0, 0.05) is 12.6 Å². The van der Waals surface area contributed by atoms with Crippen LogP contribution in [0.1, 0.15) is 100 Å². The minimum absolute atomic E-state index is 0.0952. The van der Waals surface area contributed by atoms with Gasteiger partial charge in [0.1, 0.15) is 11.2 Å². The van der Waals surface area contributed by atoms with E-state index in [-0.39, 0.29) is 24.0 Å². The molecule has 0 radical (unpaired) electrons. The summed E-state index contributed by atoms with van der Waals surface area (Å²) >= 11 is 0. The highest BCUT2D eigenvalue weighted by molar-refractivity contribution is 5.73. The van der Waals surface area contributed by atoms with Crippen LogP contribution in [0.3, 0.4) is 0 Å². The molecule has 0 bridgehead atoms. The van der Waals surface area contributed by atoms with Gasteiger partial charge in [-0.15, -0.1) is 0 Å². The van der Waals surface area contributed by atoms with Gasteiger partial charge in [-0.25, -0.2) is 4.79 Å². The third-order valence-corrected chi connectivity index (χ3v) is 5.00.